The van der Waals surface area contributed by atoms with Crippen LogP contribution in [0, 0.1) is 0 Å². The standard InChI is InChI=1S/C20H23N5O3/c1-13-18-23-17(19(26)21-7-10-28-2)12-24(18)8-9-25(13)20(27)16-11-14-5-3-4-6-15(14)22-16/h3-6,11-13,22H,7-10H2,1-2H3,(H,21,26). The van der Waals surface area contributed by atoms with Crippen molar-refractivity contribution in [2.75, 3.05) is 26.8 Å². The SMILES string of the molecule is COCCNC(=O)c1cn2c(n1)C(C)N(C(=O)c1cc3ccccc3[nH]1)CC2. The van der Waals surface area contributed by atoms with Gasteiger partial charge in [-0.25, -0.2) is 4.98 Å². The normalized spacial score (nSPS) is 16.2. The molecule has 2 aromatic heterocycles. The predicted octanol–water partition coefficient (Wildman–Crippen LogP) is 1.96. The van der Waals surface area contributed by atoms with E-state index in [4.69, 9.17) is 4.74 Å². The zero-order chi connectivity index (χ0) is 19.7. The maximum atomic E-state index is 13.1. The largest absolute Gasteiger partial charge is 0.383 e. The number of nitrogens with one attached hydrogen (secondary N) is 2. The summed E-state index contributed by atoms with van der Waals surface area (Å²) in [4.78, 5) is 34.8. The van der Waals surface area contributed by atoms with Crippen molar-refractivity contribution in [1.82, 2.24) is 24.8 Å². The lowest BCUT2D eigenvalue weighted by atomic mass is 10.2. The number of hydrogen-bond acceptors (Lipinski definition) is 4. The second kappa shape index (κ2) is 7.47. The van der Waals surface area contributed by atoms with Crippen molar-refractivity contribution in [2.24, 2.45) is 0 Å². The van der Waals surface area contributed by atoms with Gasteiger partial charge in [0.15, 0.2) is 0 Å². The topological polar surface area (TPSA) is 92.2 Å². The van der Waals surface area contributed by atoms with Gasteiger partial charge < -0.3 is 24.5 Å². The van der Waals surface area contributed by atoms with E-state index >= 15 is 0 Å². The number of nitrogens with zero attached hydrogens (tertiary/aromatic N) is 3. The highest BCUT2D eigenvalue weighted by molar-refractivity contribution is 5.98. The molecule has 1 aliphatic heterocycles. The van der Waals surface area contributed by atoms with Crippen LogP contribution in [0.25, 0.3) is 10.9 Å². The highest BCUT2D eigenvalue weighted by Crippen LogP contribution is 2.27. The second-order valence-electron chi connectivity index (χ2n) is 6.87. The van der Waals surface area contributed by atoms with Crippen molar-refractivity contribution in [2.45, 2.75) is 19.5 Å². The van der Waals surface area contributed by atoms with E-state index < -0.39 is 0 Å². The van der Waals surface area contributed by atoms with Gasteiger partial charge in [-0.1, -0.05) is 18.2 Å². The number of aromatic nitrogens is 3. The van der Waals surface area contributed by atoms with E-state index in [0.29, 0.717) is 43.5 Å². The monoisotopic (exact) mass is 381 g/mol. The smallest absolute Gasteiger partial charge is 0.271 e. The van der Waals surface area contributed by atoms with Crippen LogP contribution in [0.15, 0.2) is 36.5 Å². The lowest BCUT2D eigenvalue weighted by Gasteiger charge is -2.33. The summed E-state index contributed by atoms with van der Waals surface area (Å²) in [5.74, 6) is 0.413. The number of rotatable bonds is 5. The molecule has 3 aromatic rings. The van der Waals surface area contributed by atoms with Gasteiger partial charge in [0.2, 0.25) is 0 Å². The molecule has 4 rings (SSSR count). The summed E-state index contributed by atoms with van der Waals surface area (Å²) in [6.45, 7) is 3.97. The van der Waals surface area contributed by atoms with E-state index in [-0.39, 0.29) is 17.9 Å². The number of methoxy groups -OCH3 is 1. The summed E-state index contributed by atoms with van der Waals surface area (Å²) in [5.41, 5.74) is 1.86. The molecule has 146 valence electrons. The first-order valence-electron chi connectivity index (χ1n) is 9.31. The second-order valence-corrected chi connectivity index (χ2v) is 6.87. The Hall–Kier alpha value is -3.13. The maximum absolute atomic E-state index is 13.1. The van der Waals surface area contributed by atoms with Crippen molar-refractivity contribution in [1.29, 1.82) is 0 Å². The molecule has 0 fully saturated rings. The van der Waals surface area contributed by atoms with Gasteiger partial charge in [0.1, 0.15) is 17.2 Å². The van der Waals surface area contributed by atoms with Crippen LogP contribution in [0.5, 0.6) is 0 Å². The number of ether oxygens (including phenoxy) is 1. The van der Waals surface area contributed by atoms with E-state index in [9.17, 15) is 9.59 Å². The van der Waals surface area contributed by atoms with Crippen LogP contribution in [0.4, 0.5) is 0 Å². The fraction of sp³-hybridized carbons (Fsp3) is 0.350. The molecule has 1 unspecified atom stereocenters. The molecule has 1 atom stereocenters. The first-order valence-corrected chi connectivity index (χ1v) is 9.31. The van der Waals surface area contributed by atoms with Gasteiger partial charge in [-0.15, -0.1) is 0 Å². The van der Waals surface area contributed by atoms with Gasteiger partial charge in [0.05, 0.1) is 12.6 Å². The van der Waals surface area contributed by atoms with Gasteiger partial charge in [-0.3, -0.25) is 9.59 Å². The van der Waals surface area contributed by atoms with Gasteiger partial charge >= 0.3 is 0 Å². The van der Waals surface area contributed by atoms with E-state index in [2.05, 4.69) is 15.3 Å². The maximum Gasteiger partial charge on any atom is 0.271 e. The van der Waals surface area contributed by atoms with Gasteiger partial charge in [-0.05, 0) is 19.1 Å². The minimum absolute atomic E-state index is 0.0657. The minimum Gasteiger partial charge on any atom is -0.383 e. The highest BCUT2D eigenvalue weighted by Gasteiger charge is 2.31. The third-order valence-corrected chi connectivity index (χ3v) is 5.08. The molecule has 2 N–H and O–H groups in total. The number of aromatic amines is 1. The minimum atomic E-state index is -0.236. The first kappa shape index (κ1) is 18.2. The summed E-state index contributed by atoms with van der Waals surface area (Å²) >= 11 is 0. The van der Waals surface area contributed by atoms with Crippen LogP contribution in [0.2, 0.25) is 0 Å². The van der Waals surface area contributed by atoms with E-state index in [0.717, 1.165) is 10.9 Å². The van der Waals surface area contributed by atoms with Gasteiger partial charge in [0, 0.05) is 43.8 Å². The van der Waals surface area contributed by atoms with Crippen molar-refractivity contribution < 1.29 is 14.3 Å². The number of para-hydroxylation sites is 1. The highest BCUT2D eigenvalue weighted by atomic mass is 16.5. The summed E-state index contributed by atoms with van der Waals surface area (Å²) in [6.07, 6.45) is 1.75. The fourth-order valence-corrected chi connectivity index (χ4v) is 3.58. The molecule has 8 heteroatoms. The molecule has 0 radical (unpaired) electrons. The molecule has 0 bridgehead atoms. The van der Waals surface area contributed by atoms with Crippen LogP contribution in [-0.4, -0.2) is 58.1 Å². The number of benzene rings is 1. The number of H-pyrrole nitrogens is 1. The van der Waals surface area contributed by atoms with Gasteiger partial charge in [0.25, 0.3) is 11.8 Å². The van der Waals surface area contributed by atoms with Crippen LogP contribution in [0.3, 0.4) is 0 Å². The number of carbonyl (C=O) groups is 2. The predicted molar refractivity (Wildman–Crippen MR) is 104 cm³/mol. The third kappa shape index (κ3) is 3.27. The van der Waals surface area contributed by atoms with E-state index in [1.807, 2.05) is 41.8 Å². The lowest BCUT2D eigenvalue weighted by molar-refractivity contribution is 0.0632. The molecule has 0 saturated heterocycles. The Morgan fingerprint density at radius 1 is 1.32 bits per heavy atom. The zero-order valence-electron chi connectivity index (χ0n) is 15.9. The Bertz CT molecular complexity index is 989. The molecular weight excluding hydrogens is 358 g/mol. The van der Waals surface area contributed by atoms with E-state index in [1.165, 1.54) is 0 Å². The van der Waals surface area contributed by atoms with Crippen LogP contribution >= 0.6 is 0 Å². The number of hydrogen-bond donors (Lipinski definition) is 2. The third-order valence-electron chi connectivity index (χ3n) is 5.08. The van der Waals surface area contributed by atoms with Gasteiger partial charge in [-0.2, -0.15) is 0 Å². The average Bonchev–Trinajstić information content (AvgIpc) is 3.32. The number of fused-ring (bicyclic) bond motifs is 2. The summed E-state index contributed by atoms with van der Waals surface area (Å²) in [6, 6.07) is 9.46. The Kier molecular flexibility index (Phi) is 4.87. The van der Waals surface area contributed by atoms with Crippen molar-refractivity contribution >= 4 is 22.7 Å². The molecule has 8 nitrogen and oxygen atoms in total. The molecule has 0 spiro atoms. The average molecular weight is 381 g/mol. The first-order chi connectivity index (χ1) is 13.6. The number of imidazole rings is 1. The quantitative estimate of drug-likeness (QED) is 0.661. The number of amides is 2. The van der Waals surface area contributed by atoms with Crippen LogP contribution in [-0.2, 0) is 11.3 Å². The number of carbonyl (C=O) groups excluding carboxylic acids is 2. The Balaban J connectivity index is 1.53. The molecule has 1 aromatic carbocycles. The van der Waals surface area contributed by atoms with Crippen molar-refractivity contribution in [3.63, 3.8) is 0 Å². The molecule has 0 aliphatic carbocycles. The fourth-order valence-electron chi connectivity index (χ4n) is 3.58. The Morgan fingerprint density at radius 3 is 2.93 bits per heavy atom. The lowest BCUT2D eigenvalue weighted by Crippen LogP contribution is -2.41. The molecule has 0 saturated carbocycles. The molecule has 28 heavy (non-hydrogen) atoms. The molecule has 3 heterocycles. The summed E-state index contributed by atoms with van der Waals surface area (Å²) in [7, 11) is 1.59. The Labute approximate surface area is 162 Å². The van der Waals surface area contributed by atoms with Crippen LogP contribution in [0.1, 0.15) is 39.8 Å². The molecule has 1 aliphatic rings. The molecular formula is C20H23N5O3. The zero-order valence-corrected chi connectivity index (χ0v) is 15.9. The van der Waals surface area contributed by atoms with Crippen LogP contribution < -0.4 is 5.32 Å². The summed E-state index contributed by atoms with van der Waals surface area (Å²) in [5, 5.41) is 3.78. The van der Waals surface area contributed by atoms with E-state index in [1.54, 1.807) is 18.2 Å². The van der Waals surface area contributed by atoms with Crippen molar-refractivity contribution in [3.05, 3.63) is 53.7 Å². The summed E-state index contributed by atoms with van der Waals surface area (Å²) < 4.78 is 6.89. The molecule has 2 amide bonds. The van der Waals surface area contributed by atoms with Crippen molar-refractivity contribution in [3.8, 4) is 0 Å². The Morgan fingerprint density at radius 2 is 2.14 bits per heavy atom.